The number of carbonyl (C=O) groups is 6. The summed E-state index contributed by atoms with van der Waals surface area (Å²) in [7, 11) is 0. The van der Waals surface area contributed by atoms with Crippen molar-refractivity contribution in [1.29, 1.82) is 0 Å². The van der Waals surface area contributed by atoms with Crippen LogP contribution in [0.25, 0.3) is 0 Å². The predicted molar refractivity (Wildman–Crippen MR) is 154 cm³/mol. The van der Waals surface area contributed by atoms with Crippen LogP contribution in [0.3, 0.4) is 0 Å². The Balaban J connectivity index is 5.32. The third kappa shape index (κ3) is 17.0. The number of nitrogens with two attached hydrogens (primary N) is 6. The number of aliphatic hydroxyl groups excluding tert-OH is 1. The molecule has 244 valence electrons. The maximum absolute atomic E-state index is 13.0. The zero-order chi connectivity index (χ0) is 33.1. The summed E-state index contributed by atoms with van der Waals surface area (Å²) in [5.74, 6) is -5.79. The number of amides is 5. The van der Waals surface area contributed by atoms with E-state index in [0.717, 1.165) is 0 Å². The molecule has 0 radical (unpaired) electrons. The largest absolute Gasteiger partial charge is 0.480 e. The topological polar surface area (TPSA) is 372 Å². The predicted octanol–water partition coefficient (Wildman–Crippen LogP) is -6.28. The fourth-order valence-corrected chi connectivity index (χ4v) is 3.38. The molecule has 0 unspecified atom stereocenters. The average molecular weight is 617 g/mol. The third-order valence-electron chi connectivity index (χ3n) is 5.74. The van der Waals surface area contributed by atoms with E-state index in [2.05, 4.69) is 31.3 Å². The van der Waals surface area contributed by atoms with Crippen molar-refractivity contribution in [3.05, 3.63) is 0 Å². The zero-order valence-electron chi connectivity index (χ0n) is 24.0. The Labute approximate surface area is 247 Å². The monoisotopic (exact) mass is 616 g/mol. The molecular weight excluding hydrogens is 572 g/mol. The van der Waals surface area contributed by atoms with Crippen LogP contribution in [-0.4, -0.2) is 108 Å². The number of aliphatic hydroxyl groups is 1. The minimum atomic E-state index is -1.55. The number of hydrogen-bond acceptors (Lipinski definition) is 10. The van der Waals surface area contributed by atoms with Crippen LogP contribution < -0.4 is 55.7 Å². The van der Waals surface area contributed by atoms with E-state index in [1.807, 2.05) is 0 Å². The van der Waals surface area contributed by atoms with Gasteiger partial charge in [-0.2, -0.15) is 0 Å². The number of nitrogens with zero attached hydrogens (tertiary/aromatic N) is 2. The lowest BCUT2D eigenvalue weighted by molar-refractivity contribution is -0.142. The van der Waals surface area contributed by atoms with E-state index < -0.39 is 72.3 Å². The first-order valence-corrected chi connectivity index (χ1v) is 13.3. The van der Waals surface area contributed by atoms with Gasteiger partial charge in [0.05, 0.1) is 12.6 Å². The van der Waals surface area contributed by atoms with Gasteiger partial charge in [0.25, 0.3) is 0 Å². The van der Waals surface area contributed by atoms with Crippen LogP contribution in [0.1, 0.15) is 45.4 Å². The molecule has 0 rings (SSSR count). The molecule has 0 aliphatic carbocycles. The quantitative estimate of drug-likeness (QED) is 0.0324. The Morgan fingerprint density at radius 3 is 1.60 bits per heavy atom. The van der Waals surface area contributed by atoms with Gasteiger partial charge in [-0.3, -0.25) is 34.0 Å². The summed E-state index contributed by atoms with van der Waals surface area (Å²) in [5.41, 5.74) is 31.8. The van der Waals surface area contributed by atoms with Crippen molar-refractivity contribution < 1.29 is 39.0 Å². The fraction of sp³-hybridized carbons (Fsp3) is 0.652. The molecule has 0 saturated carbocycles. The average Bonchev–Trinajstić information content (AvgIpc) is 2.92. The number of carboxylic acid groups (broad SMARTS) is 1. The van der Waals surface area contributed by atoms with Gasteiger partial charge in [0.2, 0.25) is 29.5 Å². The summed E-state index contributed by atoms with van der Waals surface area (Å²) >= 11 is 0. The van der Waals surface area contributed by atoms with E-state index in [9.17, 15) is 39.0 Å². The van der Waals surface area contributed by atoms with E-state index in [0.29, 0.717) is 0 Å². The number of aliphatic carboxylic acids is 1. The van der Waals surface area contributed by atoms with Crippen LogP contribution in [0.15, 0.2) is 9.98 Å². The molecule has 0 aliphatic rings. The molecule has 0 aromatic rings. The maximum atomic E-state index is 13.0. The van der Waals surface area contributed by atoms with Crippen LogP contribution in [0, 0.1) is 0 Å². The first-order chi connectivity index (χ1) is 20.1. The highest BCUT2D eigenvalue weighted by molar-refractivity contribution is 5.95. The molecule has 0 aromatic carbocycles. The van der Waals surface area contributed by atoms with Crippen molar-refractivity contribution in [3.8, 4) is 0 Å². The van der Waals surface area contributed by atoms with Crippen LogP contribution in [0.4, 0.5) is 0 Å². The molecule has 5 amide bonds. The van der Waals surface area contributed by atoms with Crippen molar-refractivity contribution in [2.45, 2.75) is 75.7 Å². The maximum Gasteiger partial charge on any atom is 0.326 e. The molecule has 0 fully saturated rings. The van der Waals surface area contributed by atoms with Crippen LogP contribution >= 0.6 is 0 Å². The second kappa shape index (κ2) is 20.2. The number of guanidine groups is 2. The highest BCUT2D eigenvalue weighted by atomic mass is 16.4. The van der Waals surface area contributed by atoms with Crippen LogP contribution in [-0.2, 0) is 28.8 Å². The lowest BCUT2D eigenvalue weighted by atomic mass is 10.1. The van der Waals surface area contributed by atoms with Gasteiger partial charge in [-0.15, -0.1) is 0 Å². The molecule has 0 aliphatic heterocycles. The van der Waals surface area contributed by atoms with E-state index >= 15 is 0 Å². The molecule has 20 heteroatoms. The lowest BCUT2D eigenvalue weighted by Crippen LogP contribution is -2.58. The normalized spacial score (nSPS) is 14.0. The standard InChI is InChI=1S/C23H44N12O8/c1-11(17(38)35-15(10-36)20(41)34-14(21(42)43)5-3-9-31-23(28)29)32-19(40)13(4-2-8-30-22(26)27)33-18(39)12(24)6-7-16(25)37/h11-15,36H,2-10,24H2,1H3,(H2,25,37)(H,32,40)(H,33,39)(H,34,41)(H,35,38)(H,42,43)(H4,26,27,30)(H4,28,29,31)/t11-,12-,13-,14-,15-/m0/s1. The highest BCUT2D eigenvalue weighted by Crippen LogP contribution is 2.03. The smallest absolute Gasteiger partial charge is 0.326 e. The molecule has 43 heavy (non-hydrogen) atoms. The minimum Gasteiger partial charge on any atom is -0.480 e. The number of carbonyl (C=O) groups excluding carboxylic acids is 5. The van der Waals surface area contributed by atoms with E-state index in [1.54, 1.807) is 0 Å². The van der Waals surface area contributed by atoms with Gasteiger partial charge < -0.3 is 65.9 Å². The molecular formula is C23H44N12O8. The van der Waals surface area contributed by atoms with Gasteiger partial charge in [-0.05, 0) is 39.0 Å². The van der Waals surface area contributed by atoms with Gasteiger partial charge in [-0.1, -0.05) is 0 Å². The van der Waals surface area contributed by atoms with Gasteiger partial charge in [0.15, 0.2) is 11.9 Å². The van der Waals surface area contributed by atoms with Gasteiger partial charge >= 0.3 is 5.97 Å². The number of aliphatic imine (C=N–C) groups is 2. The van der Waals surface area contributed by atoms with Crippen LogP contribution in [0.5, 0.6) is 0 Å². The molecule has 18 N–H and O–H groups in total. The number of carboxylic acids is 1. The van der Waals surface area contributed by atoms with E-state index in [-0.39, 0.29) is 63.5 Å². The molecule has 0 bridgehead atoms. The van der Waals surface area contributed by atoms with Gasteiger partial charge in [-0.25, -0.2) is 4.79 Å². The number of primary amides is 1. The Bertz CT molecular complexity index is 1030. The first-order valence-electron chi connectivity index (χ1n) is 13.3. The van der Waals surface area contributed by atoms with Crippen LogP contribution in [0.2, 0.25) is 0 Å². The van der Waals surface area contributed by atoms with E-state index in [1.165, 1.54) is 6.92 Å². The summed E-state index contributed by atoms with van der Waals surface area (Å²) < 4.78 is 0. The second-order valence-corrected chi connectivity index (χ2v) is 9.44. The second-order valence-electron chi connectivity index (χ2n) is 9.44. The fourth-order valence-electron chi connectivity index (χ4n) is 3.38. The lowest BCUT2D eigenvalue weighted by Gasteiger charge is -2.24. The minimum absolute atomic E-state index is 0.0344. The molecule has 20 nitrogen and oxygen atoms in total. The first kappa shape index (κ1) is 38.3. The van der Waals surface area contributed by atoms with Gasteiger partial charge in [0, 0.05) is 19.5 Å². The molecule has 0 spiro atoms. The van der Waals surface area contributed by atoms with Crippen molar-refractivity contribution in [2.75, 3.05) is 19.7 Å². The van der Waals surface area contributed by atoms with Gasteiger partial charge in [0.1, 0.15) is 24.2 Å². The van der Waals surface area contributed by atoms with Crippen molar-refractivity contribution in [3.63, 3.8) is 0 Å². The Kier molecular flexibility index (Phi) is 18.0. The van der Waals surface area contributed by atoms with E-state index in [4.69, 9.17) is 34.4 Å². The number of rotatable bonds is 21. The zero-order valence-corrected chi connectivity index (χ0v) is 24.0. The Morgan fingerprint density at radius 1 is 0.674 bits per heavy atom. The summed E-state index contributed by atoms with van der Waals surface area (Å²) in [6.07, 6.45) is 0.236. The summed E-state index contributed by atoms with van der Waals surface area (Å²) in [4.78, 5) is 80.8. The molecule has 0 aromatic heterocycles. The number of nitrogens with one attached hydrogen (secondary N) is 4. The molecule has 0 heterocycles. The molecule has 0 saturated heterocycles. The SMILES string of the molecule is C[C@H](NC(=O)[C@H](CCCN=C(N)N)NC(=O)[C@@H](N)CCC(N)=O)C(=O)N[C@@H](CO)C(=O)N[C@@H](CCCN=C(N)N)C(=O)O. The summed E-state index contributed by atoms with van der Waals surface area (Å²) in [6.45, 7) is 0.643. The number of hydrogen-bond donors (Lipinski definition) is 12. The Morgan fingerprint density at radius 2 is 1.14 bits per heavy atom. The Hall–Kier alpha value is -4.72. The van der Waals surface area contributed by atoms with Crippen molar-refractivity contribution >= 4 is 47.4 Å². The highest BCUT2D eigenvalue weighted by Gasteiger charge is 2.30. The molecule has 5 atom stereocenters. The summed E-state index contributed by atoms with van der Waals surface area (Å²) in [5, 5.41) is 28.3. The summed E-state index contributed by atoms with van der Waals surface area (Å²) in [6, 6.07) is -6.52. The van der Waals surface area contributed by atoms with Crippen molar-refractivity contribution in [2.24, 2.45) is 44.4 Å². The third-order valence-corrected chi connectivity index (χ3v) is 5.74. The van der Waals surface area contributed by atoms with Crippen molar-refractivity contribution in [1.82, 2.24) is 21.3 Å².